The van der Waals surface area contributed by atoms with Crippen LogP contribution >= 0.6 is 22.7 Å². The van der Waals surface area contributed by atoms with Crippen LogP contribution in [-0.4, -0.2) is 16.9 Å². The summed E-state index contributed by atoms with van der Waals surface area (Å²) in [6, 6.07) is 4.33. The van der Waals surface area contributed by atoms with Gasteiger partial charge in [0.2, 0.25) is 5.91 Å². The Hall–Kier alpha value is -1.20. The molecule has 0 aliphatic rings. The average molecular weight is 322 g/mol. The molecule has 5 heteroatoms. The second-order valence-electron chi connectivity index (χ2n) is 5.26. The monoisotopic (exact) mass is 322 g/mol. The summed E-state index contributed by atoms with van der Waals surface area (Å²) in [5, 5.41) is 8.09. The van der Waals surface area contributed by atoms with Gasteiger partial charge >= 0.3 is 0 Å². The highest BCUT2D eigenvalue weighted by molar-refractivity contribution is 7.20. The number of carbonyl (C=O) groups is 1. The molecular weight excluding hydrogens is 300 g/mol. The van der Waals surface area contributed by atoms with Crippen molar-refractivity contribution in [2.45, 2.75) is 52.0 Å². The Balaban J connectivity index is 1.80. The van der Waals surface area contributed by atoms with E-state index in [2.05, 4.69) is 30.2 Å². The maximum absolute atomic E-state index is 12.0. The highest BCUT2D eigenvalue weighted by Crippen LogP contribution is 2.27. The zero-order valence-corrected chi connectivity index (χ0v) is 14.2. The van der Waals surface area contributed by atoms with Crippen molar-refractivity contribution in [2.75, 3.05) is 0 Å². The lowest BCUT2D eigenvalue weighted by atomic mass is 10.1. The summed E-state index contributed by atoms with van der Waals surface area (Å²) in [4.78, 5) is 17.7. The van der Waals surface area contributed by atoms with Crippen molar-refractivity contribution >= 4 is 28.6 Å². The Morgan fingerprint density at radius 1 is 1.38 bits per heavy atom. The number of thiazole rings is 1. The molecule has 1 unspecified atom stereocenters. The van der Waals surface area contributed by atoms with E-state index in [1.54, 1.807) is 22.7 Å². The fourth-order valence-corrected chi connectivity index (χ4v) is 3.80. The molecule has 0 saturated carbocycles. The van der Waals surface area contributed by atoms with Gasteiger partial charge in [0.1, 0.15) is 5.01 Å². The molecule has 114 valence electrons. The van der Waals surface area contributed by atoms with Crippen LogP contribution in [0.5, 0.6) is 0 Å². The van der Waals surface area contributed by atoms with Gasteiger partial charge in [-0.05, 0) is 24.8 Å². The molecule has 0 aromatic carbocycles. The van der Waals surface area contributed by atoms with Crippen molar-refractivity contribution in [3.8, 4) is 9.88 Å². The molecule has 0 fully saturated rings. The molecule has 3 nitrogen and oxygen atoms in total. The lowest BCUT2D eigenvalue weighted by Gasteiger charge is -2.12. The van der Waals surface area contributed by atoms with Crippen LogP contribution in [0.4, 0.5) is 0 Å². The Kier molecular flexibility index (Phi) is 6.39. The fraction of sp³-hybridized carbons (Fsp3) is 0.500. The van der Waals surface area contributed by atoms with Crippen LogP contribution in [0.15, 0.2) is 22.9 Å². The molecule has 2 aromatic heterocycles. The van der Waals surface area contributed by atoms with Gasteiger partial charge in [0, 0.05) is 11.4 Å². The van der Waals surface area contributed by atoms with Crippen molar-refractivity contribution < 1.29 is 4.79 Å². The number of unbranched alkanes of at least 4 members (excludes halogenated alkanes) is 2. The third-order valence-corrected chi connectivity index (χ3v) is 5.20. The van der Waals surface area contributed by atoms with E-state index in [1.165, 1.54) is 24.1 Å². The van der Waals surface area contributed by atoms with E-state index in [4.69, 9.17) is 0 Å². The number of hydrogen-bond acceptors (Lipinski definition) is 4. The maximum atomic E-state index is 12.0. The second-order valence-corrected chi connectivity index (χ2v) is 7.07. The number of hydrogen-bond donors (Lipinski definition) is 1. The van der Waals surface area contributed by atoms with E-state index in [9.17, 15) is 4.79 Å². The summed E-state index contributed by atoms with van der Waals surface area (Å²) in [5.41, 5.74) is 0.863. The molecule has 2 aromatic rings. The Morgan fingerprint density at radius 2 is 2.24 bits per heavy atom. The summed E-state index contributed by atoms with van der Waals surface area (Å²) in [7, 11) is 0. The summed E-state index contributed by atoms with van der Waals surface area (Å²) >= 11 is 3.28. The summed E-state index contributed by atoms with van der Waals surface area (Å²) < 4.78 is 0. The van der Waals surface area contributed by atoms with Gasteiger partial charge in [-0.15, -0.1) is 22.7 Å². The van der Waals surface area contributed by atoms with Crippen LogP contribution in [0.3, 0.4) is 0 Å². The molecular formula is C16H22N2OS2. The minimum Gasteiger partial charge on any atom is -0.353 e. The van der Waals surface area contributed by atoms with E-state index in [0.29, 0.717) is 6.42 Å². The smallest absolute Gasteiger partial charge is 0.226 e. The number of thiophene rings is 1. The van der Waals surface area contributed by atoms with E-state index >= 15 is 0 Å². The highest BCUT2D eigenvalue weighted by Gasteiger charge is 2.11. The van der Waals surface area contributed by atoms with Crippen molar-refractivity contribution in [3.05, 3.63) is 28.6 Å². The lowest BCUT2D eigenvalue weighted by Crippen LogP contribution is -2.33. The molecule has 0 spiro atoms. The van der Waals surface area contributed by atoms with Crippen LogP contribution in [0.25, 0.3) is 9.88 Å². The SMILES string of the molecule is CCCCCC(C)NC(=O)Cc1csc(-c2cccs2)n1. The largest absolute Gasteiger partial charge is 0.353 e. The van der Waals surface area contributed by atoms with Gasteiger partial charge in [-0.3, -0.25) is 4.79 Å². The van der Waals surface area contributed by atoms with Crippen LogP contribution in [0.1, 0.15) is 45.2 Å². The van der Waals surface area contributed by atoms with E-state index in [0.717, 1.165) is 17.1 Å². The second kappa shape index (κ2) is 8.29. The number of rotatable bonds is 8. The first-order valence-corrected chi connectivity index (χ1v) is 9.22. The van der Waals surface area contributed by atoms with Gasteiger partial charge in [-0.1, -0.05) is 32.3 Å². The first-order chi connectivity index (χ1) is 10.2. The van der Waals surface area contributed by atoms with Crippen LogP contribution < -0.4 is 5.32 Å². The fourth-order valence-electron chi connectivity index (χ4n) is 2.16. The number of nitrogens with zero attached hydrogens (tertiary/aromatic N) is 1. The van der Waals surface area contributed by atoms with Crippen LogP contribution in [0, 0.1) is 0 Å². The normalized spacial score (nSPS) is 12.3. The minimum absolute atomic E-state index is 0.0713. The first-order valence-electron chi connectivity index (χ1n) is 7.46. The van der Waals surface area contributed by atoms with Crippen molar-refractivity contribution in [1.29, 1.82) is 0 Å². The van der Waals surface area contributed by atoms with Gasteiger partial charge in [0.25, 0.3) is 0 Å². The zero-order valence-electron chi connectivity index (χ0n) is 12.6. The molecule has 1 N–H and O–H groups in total. The van der Waals surface area contributed by atoms with E-state index in [-0.39, 0.29) is 11.9 Å². The summed E-state index contributed by atoms with van der Waals surface area (Å²) in [5.74, 6) is 0.0713. The Morgan fingerprint density at radius 3 is 2.95 bits per heavy atom. The maximum Gasteiger partial charge on any atom is 0.226 e. The van der Waals surface area contributed by atoms with Gasteiger partial charge in [-0.2, -0.15) is 0 Å². The molecule has 0 bridgehead atoms. The number of aromatic nitrogens is 1. The Bertz CT molecular complexity index is 548. The number of carbonyl (C=O) groups excluding carboxylic acids is 1. The predicted molar refractivity (Wildman–Crippen MR) is 90.9 cm³/mol. The number of nitrogens with one attached hydrogen (secondary N) is 1. The van der Waals surface area contributed by atoms with Crippen LogP contribution in [0.2, 0.25) is 0 Å². The molecule has 0 aliphatic carbocycles. The minimum atomic E-state index is 0.0713. The molecule has 0 saturated heterocycles. The van der Waals surface area contributed by atoms with E-state index in [1.807, 2.05) is 16.8 Å². The third kappa shape index (κ3) is 5.25. The average Bonchev–Trinajstić information content (AvgIpc) is 3.09. The molecule has 1 amide bonds. The van der Waals surface area contributed by atoms with Crippen LogP contribution in [-0.2, 0) is 11.2 Å². The third-order valence-electron chi connectivity index (χ3n) is 3.27. The van der Waals surface area contributed by atoms with Crippen molar-refractivity contribution in [2.24, 2.45) is 0 Å². The molecule has 2 rings (SSSR count). The van der Waals surface area contributed by atoms with Gasteiger partial charge in [-0.25, -0.2) is 4.98 Å². The summed E-state index contributed by atoms with van der Waals surface area (Å²) in [6.45, 7) is 4.27. The quantitative estimate of drug-likeness (QED) is 0.727. The van der Waals surface area contributed by atoms with Gasteiger partial charge < -0.3 is 5.32 Å². The predicted octanol–water partition coefficient (Wildman–Crippen LogP) is 4.50. The number of amides is 1. The molecule has 2 heterocycles. The van der Waals surface area contributed by atoms with Crippen molar-refractivity contribution in [3.63, 3.8) is 0 Å². The Labute approximate surface area is 134 Å². The van der Waals surface area contributed by atoms with E-state index < -0.39 is 0 Å². The molecule has 1 atom stereocenters. The first kappa shape index (κ1) is 16.2. The van der Waals surface area contributed by atoms with Crippen molar-refractivity contribution in [1.82, 2.24) is 10.3 Å². The molecule has 0 aliphatic heterocycles. The molecule has 21 heavy (non-hydrogen) atoms. The topological polar surface area (TPSA) is 42.0 Å². The molecule has 0 radical (unpaired) electrons. The van der Waals surface area contributed by atoms with Gasteiger partial charge in [0.15, 0.2) is 0 Å². The lowest BCUT2D eigenvalue weighted by molar-refractivity contribution is -0.121. The summed E-state index contributed by atoms with van der Waals surface area (Å²) in [6.07, 6.45) is 5.05. The highest BCUT2D eigenvalue weighted by atomic mass is 32.1. The van der Waals surface area contributed by atoms with Gasteiger partial charge in [0.05, 0.1) is 17.0 Å². The standard InChI is InChI=1S/C16H22N2OS2/c1-3-4-5-7-12(2)17-15(19)10-13-11-21-16(18-13)14-8-6-9-20-14/h6,8-9,11-12H,3-5,7,10H2,1-2H3,(H,17,19). The zero-order chi connectivity index (χ0) is 15.1.